The van der Waals surface area contributed by atoms with Crippen LogP contribution in [-0.4, -0.2) is 43.8 Å². The molecule has 2 aliphatic heterocycles. The highest BCUT2D eigenvalue weighted by Crippen LogP contribution is 2.55. The lowest BCUT2D eigenvalue weighted by Gasteiger charge is -2.37. The molecule has 4 atom stereocenters. The van der Waals surface area contributed by atoms with Crippen molar-refractivity contribution in [2.24, 2.45) is 11.8 Å². The summed E-state index contributed by atoms with van der Waals surface area (Å²) in [4.78, 5) is 12.7. The number of cyclic esters (lactones) is 1. The van der Waals surface area contributed by atoms with Crippen LogP contribution < -0.4 is 18.9 Å². The summed E-state index contributed by atoms with van der Waals surface area (Å²) in [7, 11) is 2.89. The number of aliphatic hydroxyl groups is 1. The molecule has 29 heavy (non-hydrogen) atoms. The van der Waals surface area contributed by atoms with Crippen LogP contribution in [0.2, 0.25) is 0 Å². The van der Waals surface area contributed by atoms with Gasteiger partial charge in [0.15, 0.2) is 23.0 Å². The van der Waals surface area contributed by atoms with Gasteiger partial charge in [-0.3, -0.25) is 4.79 Å². The van der Waals surface area contributed by atoms with Crippen LogP contribution in [0.1, 0.15) is 28.7 Å². The summed E-state index contributed by atoms with van der Waals surface area (Å²) in [5.74, 6) is -0.324. The van der Waals surface area contributed by atoms with Gasteiger partial charge in [-0.2, -0.15) is 0 Å². The Bertz CT molecular complexity index is 975. The second kappa shape index (κ2) is 6.45. The number of methoxy groups -OCH3 is 2. The first-order valence-electron chi connectivity index (χ1n) is 9.26. The molecule has 1 fully saturated rings. The molecule has 0 radical (unpaired) electrons. The van der Waals surface area contributed by atoms with Gasteiger partial charge in [0.25, 0.3) is 0 Å². The Labute approximate surface area is 166 Å². The first kappa shape index (κ1) is 17.9. The Morgan fingerprint density at radius 1 is 0.966 bits per heavy atom. The first-order valence-corrected chi connectivity index (χ1v) is 9.26. The van der Waals surface area contributed by atoms with Crippen LogP contribution in [0.3, 0.4) is 0 Å². The monoisotopic (exact) mass is 400 g/mol. The van der Waals surface area contributed by atoms with Gasteiger partial charge in [0.1, 0.15) is 0 Å². The molecule has 0 aromatic heterocycles. The van der Waals surface area contributed by atoms with Crippen LogP contribution in [0.15, 0.2) is 24.3 Å². The average Bonchev–Trinajstić information content (AvgIpc) is 3.34. The summed E-state index contributed by atoms with van der Waals surface area (Å²) >= 11 is 0. The van der Waals surface area contributed by atoms with E-state index in [1.54, 1.807) is 24.3 Å². The second-order valence-electron chi connectivity index (χ2n) is 7.35. The Morgan fingerprint density at radius 3 is 2.21 bits per heavy atom. The van der Waals surface area contributed by atoms with Crippen molar-refractivity contribution in [3.05, 3.63) is 41.0 Å². The second-order valence-corrected chi connectivity index (χ2v) is 7.35. The summed E-state index contributed by atoms with van der Waals surface area (Å²) in [5, 5.41) is 21.3. The Balaban J connectivity index is 1.75. The number of aliphatic hydroxyl groups excluding tert-OH is 1. The molecule has 0 bridgehead atoms. The number of hydrogen-bond donors (Lipinski definition) is 2. The third-order valence-corrected chi connectivity index (χ3v) is 6.01. The van der Waals surface area contributed by atoms with Crippen molar-refractivity contribution < 1.29 is 38.7 Å². The van der Waals surface area contributed by atoms with Crippen LogP contribution in [0.4, 0.5) is 0 Å². The lowest BCUT2D eigenvalue weighted by atomic mass is 9.66. The standard InChI is InChI=1S/C21H20O8/c1-25-15-3-9(4-16(26-2)20(15)23)17-10-5-13-14(29-8-28-13)6-11(10)19(22)12-7-27-21(24)18(12)17/h3-6,12,17-19,22-23H,7-8H2,1-2H3/t12-,17?,18-,19?/m0/s1. The van der Waals surface area contributed by atoms with E-state index in [1.807, 2.05) is 0 Å². The molecule has 1 saturated heterocycles. The lowest BCUT2D eigenvalue weighted by Crippen LogP contribution is -2.34. The van der Waals surface area contributed by atoms with E-state index in [1.165, 1.54) is 14.2 Å². The fourth-order valence-corrected chi connectivity index (χ4v) is 4.63. The van der Waals surface area contributed by atoms with Crippen molar-refractivity contribution in [1.82, 2.24) is 0 Å². The lowest BCUT2D eigenvalue weighted by molar-refractivity contribution is -0.141. The quantitative estimate of drug-likeness (QED) is 0.755. The maximum atomic E-state index is 12.7. The van der Waals surface area contributed by atoms with E-state index >= 15 is 0 Å². The summed E-state index contributed by atoms with van der Waals surface area (Å²) in [6.45, 7) is 0.246. The molecule has 2 heterocycles. The van der Waals surface area contributed by atoms with Gasteiger partial charge in [0.05, 0.1) is 32.8 Å². The minimum atomic E-state index is -0.867. The van der Waals surface area contributed by atoms with E-state index in [2.05, 4.69) is 0 Å². The van der Waals surface area contributed by atoms with Crippen LogP contribution in [0.25, 0.3) is 0 Å². The van der Waals surface area contributed by atoms with Gasteiger partial charge < -0.3 is 33.9 Å². The number of aromatic hydroxyl groups is 1. The van der Waals surface area contributed by atoms with Crippen molar-refractivity contribution in [3.8, 4) is 28.7 Å². The van der Waals surface area contributed by atoms with Gasteiger partial charge in [-0.05, 0) is 41.0 Å². The van der Waals surface area contributed by atoms with Gasteiger partial charge in [0, 0.05) is 11.8 Å². The highest BCUT2D eigenvalue weighted by Gasteiger charge is 2.52. The SMILES string of the molecule is COc1cc(C2c3cc4c(cc3C(O)[C@H]3COC(=O)[C@H]23)OCO4)cc(OC)c1O. The Morgan fingerprint density at radius 2 is 1.59 bits per heavy atom. The van der Waals surface area contributed by atoms with E-state index in [0.29, 0.717) is 22.6 Å². The number of hydrogen-bond acceptors (Lipinski definition) is 8. The molecule has 0 amide bonds. The zero-order valence-corrected chi connectivity index (χ0v) is 15.9. The molecule has 8 nitrogen and oxygen atoms in total. The fourth-order valence-electron chi connectivity index (χ4n) is 4.63. The number of phenols is 1. The topological polar surface area (TPSA) is 104 Å². The maximum Gasteiger partial charge on any atom is 0.310 e. The number of carbonyl (C=O) groups excluding carboxylic acids is 1. The summed E-state index contributed by atoms with van der Waals surface area (Å²) in [6.07, 6.45) is -0.867. The average molecular weight is 400 g/mol. The van der Waals surface area contributed by atoms with Crippen LogP contribution in [-0.2, 0) is 9.53 Å². The van der Waals surface area contributed by atoms with Crippen molar-refractivity contribution in [3.63, 3.8) is 0 Å². The van der Waals surface area contributed by atoms with Crippen molar-refractivity contribution in [1.29, 1.82) is 0 Å². The van der Waals surface area contributed by atoms with Crippen molar-refractivity contribution in [2.45, 2.75) is 12.0 Å². The number of phenolic OH excluding ortho intramolecular Hbond substituents is 1. The molecule has 3 aliphatic rings. The van der Waals surface area contributed by atoms with E-state index < -0.39 is 23.9 Å². The molecule has 2 N–H and O–H groups in total. The van der Waals surface area contributed by atoms with E-state index in [0.717, 1.165) is 5.56 Å². The molecule has 0 saturated carbocycles. The number of fused-ring (bicyclic) bond motifs is 3. The number of esters is 1. The van der Waals surface area contributed by atoms with E-state index in [4.69, 9.17) is 23.7 Å². The predicted octanol–water partition coefficient (Wildman–Crippen LogP) is 2.11. The summed E-state index contributed by atoms with van der Waals surface area (Å²) < 4.78 is 26.9. The zero-order chi connectivity index (χ0) is 20.3. The predicted molar refractivity (Wildman–Crippen MR) is 98.5 cm³/mol. The first-order chi connectivity index (χ1) is 14.0. The minimum absolute atomic E-state index is 0.106. The van der Waals surface area contributed by atoms with Crippen LogP contribution in [0, 0.1) is 11.8 Å². The number of carbonyl (C=O) groups is 1. The van der Waals surface area contributed by atoms with Gasteiger partial charge >= 0.3 is 5.97 Å². The van der Waals surface area contributed by atoms with Crippen molar-refractivity contribution in [2.75, 3.05) is 27.6 Å². The molecule has 1 aliphatic carbocycles. The van der Waals surface area contributed by atoms with Gasteiger partial charge in [-0.25, -0.2) is 0 Å². The molecule has 2 aromatic rings. The molecule has 2 unspecified atom stereocenters. The summed E-state index contributed by atoms with van der Waals surface area (Å²) in [6, 6.07) is 6.93. The largest absolute Gasteiger partial charge is 0.502 e. The van der Waals surface area contributed by atoms with Crippen molar-refractivity contribution >= 4 is 5.97 Å². The number of benzene rings is 2. The fraction of sp³-hybridized carbons (Fsp3) is 0.381. The smallest absolute Gasteiger partial charge is 0.310 e. The van der Waals surface area contributed by atoms with Crippen LogP contribution >= 0.6 is 0 Å². The third-order valence-electron chi connectivity index (χ3n) is 6.01. The Hall–Kier alpha value is -3.13. The molecule has 5 rings (SSSR count). The van der Waals surface area contributed by atoms with Gasteiger partial charge in [-0.1, -0.05) is 0 Å². The van der Waals surface area contributed by atoms with Crippen LogP contribution in [0.5, 0.6) is 28.7 Å². The maximum absolute atomic E-state index is 12.7. The van der Waals surface area contributed by atoms with Gasteiger partial charge in [-0.15, -0.1) is 0 Å². The molecular weight excluding hydrogens is 380 g/mol. The third kappa shape index (κ3) is 2.52. The number of ether oxygens (including phenoxy) is 5. The minimum Gasteiger partial charge on any atom is -0.502 e. The Kier molecular flexibility index (Phi) is 3.99. The molecule has 2 aromatic carbocycles. The van der Waals surface area contributed by atoms with E-state index in [-0.39, 0.29) is 36.6 Å². The van der Waals surface area contributed by atoms with E-state index in [9.17, 15) is 15.0 Å². The number of rotatable bonds is 3. The summed E-state index contributed by atoms with van der Waals surface area (Å²) in [5.41, 5.74) is 2.12. The molecular formula is C21H20O8. The highest BCUT2D eigenvalue weighted by atomic mass is 16.7. The zero-order valence-electron chi connectivity index (χ0n) is 15.9. The van der Waals surface area contributed by atoms with Gasteiger partial charge in [0.2, 0.25) is 12.5 Å². The highest BCUT2D eigenvalue weighted by molar-refractivity contribution is 5.79. The molecule has 152 valence electrons. The normalized spacial score (nSPS) is 26.5. The molecule has 0 spiro atoms. The molecule has 8 heteroatoms.